The van der Waals surface area contributed by atoms with Crippen LogP contribution in [-0.4, -0.2) is 23.6 Å². The minimum atomic E-state index is -3.79. The number of benzene rings is 2. The van der Waals surface area contributed by atoms with Crippen LogP contribution in [-0.2, 0) is 15.9 Å². The van der Waals surface area contributed by atoms with Crippen molar-refractivity contribution in [1.29, 1.82) is 0 Å². The summed E-state index contributed by atoms with van der Waals surface area (Å²) < 4.78 is 29.0. The lowest BCUT2D eigenvalue weighted by Crippen LogP contribution is -2.22. The molecule has 7 heteroatoms. The molecule has 0 aliphatic carbocycles. The number of hydrogen-bond donors (Lipinski definition) is 0. The smallest absolute Gasteiger partial charge is 0.267 e. The summed E-state index contributed by atoms with van der Waals surface area (Å²) in [5.41, 5.74) is 1.73. The first kappa shape index (κ1) is 12.6. The summed E-state index contributed by atoms with van der Waals surface area (Å²) in [5, 5.41) is 7.52. The van der Waals surface area contributed by atoms with Gasteiger partial charge in [0.25, 0.3) is 0 Å². The molecule has 102 valence electrons. The Balaban J connectivity index is 1.86. The summed E-state index contributed by atoms with van der Waals surface area (Å²) in [4.78, 5) is 0.924. The third-order valence-electron chi connectivity index (χ3n) is 2.69. The molecular weight excluding hydrogens is 278 g/mol. The average molecular weight is 289 g/mol. The zero-order valence-electron chi connectivity index (χ0n) is 10.4. The fraction of sp³-hybridized carbons (Fsp3) is 0.0769. The van der Waals surface area contributed by atoms with Crippen molar-refractivity contribution in [3.8, 4) is 0 Å². The fourth-order valence-electron chi connectivity index (χ4n) is 1.81. The van der Waals surface area contributed by atoms with E-state index in [1.165, 1.54) is 0 Å². The second-order valence-corrected chi connectivity index (χ2v) is 5.77. The van der Waals surface area contributed by atoms with Gasteiger partial charge < -0.3 is 0 Å². The van der Waals surface area contributed by atoms with Crippen LogP contribution in [0.4, 0.5) is 0 Å². The molecule has 2 aromatic carbocycles. The molecule has 0 spiro atoms. The summed E-state index contributed by atoms with van der Waals surface area (Å²) in [6.45, 7) is 0. The molecule has 20 heavy (non-hydrogen) atoms. The van der Waals surface area contributed by atoms with E-state index in [2.05, 4.69) is 10.3 Å². The molecule has 0 N–H and O–H groups in total. The highest BCUT2D eigenvalue weighted by Gasteiger charge is 2.16. The molecule has 0 atom stereocenters. The summed E-state index contributed by atoms with van der Waals surface area (Å²) in [6.07, 6.45) is 0. The average Bonchev–Trinajstić information content (AvgIpc) is 2.82. The topological polar surface area (TPSA) is 74.1 Å². The van der Waals surface area contributed by atoms with Gasteiger partial charge in [-0.05, 0) is 22.9 Å². The molecule has 0 aliphatic rings. The van der Waals surface area contributed by atoms with Gasteiger partial charge in [0.05, 0.1) is 0 Å². The molecule has 0 saturated carbocycles. The highest BCUT2D eigenvalue weighted by Crippen LogP contribution is 2.11. The second kappa shape index (κ2) is 4.93. The maximum absolute atomic E-state index is 12.0. The van der Waals surface area contributed by atoms with Crippen LogP contribution in [0.5, 0.6) is 0 Å². The second-order valence-electron chi connectivity index (χ2n) is 4.21. The number of hydrogen-bond acceptors (Lipinski definition) is 5. The van der Waals surface area contributed by atoms with Crippen molar-refractivity contribution in [3.63, 3.8) is 0 Å². The van der Waals surface area contributed by atoms with Crippen LogP contribution in [0.15, 0.2) is 54.6 Å². The normalized spacial score (nSPS) is 11.6. The van der Waals surface area contributed by atoms with Crippen LogP contribution in [0.3, 0.4) is 0 Å². The quantitative estimate of drug-likeness (QED) is 0.725. The van der Waals surface area contributed by atoms with E-state index >= 15 is 0 Å². The zero-order chi connectivity index (χ0) is 14.0. The fourth-order valence-corrected chi connectivity index (χ4v) is 2.79. The Bertz CT molecular complexity index is 828. The van der Waals surface area contributed by atoms with Crippen molar-refractivity contribution in [2.75, 3.05) is 0 Å². The molecule has 0 amide bonds. The van der Waals surface area contributed by atoms with Gasteiger partial charge in [-0.3, -0.25) is 4.28 Å². The molecule has 0 bridgehead atoms. The van der Waals surface area contributed by atoms with E-state index < -0.39 is 10.1 Å². The molecule has 0 aliphatic heterocycles. The van der Waals surface area contributed by atoms with Gasteiger partial charge in [-0.15, -0.1) is 5.10 Å². The third kappa shape index (κ3) is 2.62. The van der Waals surface area contributed by atoms with Gasteiger partial charge in [0.1, 0.15) is 16.8 Å². The summed E-state index contributed by atoms with van der Waals surface area (Å²) in [7, 11) is -3.79. The summed E-state index contributed by atoms with van der Waals surface area (Å²) in [5.74, 6) is -0.220. The lowest BCUT2D eigenvalue weighted by molar-refractivity contribution is 0.244. The lowest BCUT2D eigenvalue weighted by atomic mass is 10.2. The molecule has 0 radical (unpaired) electrons. The van der Waals surface area contributed by atoms with E-state index in [0.717, 1.165) is 4.85 Å². The van der Waals surface area contributed by atoms with Crippen LogP contribution in [0, 0.1) is 0 Å². The Morgan fingerprint density at radius 3 is 2.50 bits per heavy atom. The standard InChI is InChI=1S/C13H11N3O3S/c17-20(18,10-11-6-2-1-3-7-11)19-16-13-9-5-4-8-12(13)14-15-16/h1-9H,10H2. The number of para-hydroxylation sites is 1. The first-order chi connectivity index (χ1) is 9.64. The number of nitrogens with zero attached hydrogens (tertiary/aromatic N) is 3. The Morgan fingerprint density at radius 1 is 1.00 bits per heavy atom. The van der Waals surface area contributed by atoms with E-state index in [1.807, 2.05) is 6.07 Å². The van der Waals surface area contributed by atoms with Gasteiger partial charge in [0.2, 0.25) is 0 Å². The molecule has 1 aromatic heterocycles. The Labute approximate surface area is 115 Å². The van der Waals surface area contributed by atoms with Gasteiger partial charge in [0, 0.05) is 0 Å². The van der Waals surface area contributed by atoms with Crippen LogP contribution in [0.2, 0.25) is 0 Å². The predicted octanol–water partition coefficient (Wildman–Crippen LogP) is 1.39. The van der Waals surface area contributed by atoms with Crippen LogP contribution in [0.25, 0.3) is 11.0 Å². The van der Waals surface area contributed by atoms with E-state index in [-0.39, 0.29) is 5.75 Å². The summed E-state index contributed by atoms with van der Waals surface area (Å²) in [6, 6.07) is 15.8. The molecule has 3 aromatic rings. The SMILES string of the molecule is O=S(=O)(Cc1ccccc1)On1nnc2ccccc21. The minimum Gasteiger partial charge on any atom is -0.267 e. The van der Waals surface area contributed by atoms with Crippen LogP contribution < -0.4 is 4.28 Å². The maximum Gasteiger partial charge on any atom is 0.332 e. The number of aromatic nitrogens is 3. The van der Waals surface area contributed by atoms with Crippen molar-refractivity contribution in [2.45, 2.75) is 5.75 Å². The van der Waals surface area contributed by atoms with Crippen molar-refractivity contribution in [1.82, 2.24) is 15.2 Å². The molecule has 1 heterocycles. The molecule has 0 fully saturated rings. The van der Waals surface area contributed by atoms with E-state index in [9.17, 15) is 8.42 Å². The molecule has 6 nitrogen and oxygen atoms in total. The van der Waals surface area contributed by atoms with Gasteiger partial charge in [-0.25, -0.2) is 0 Å². The number of rotatable bonds is 4. The van der Waals surface area contributed by atoms with E-state index in [1.54, 1.807) is 48.5 Å². The van der Waals surface area contributed by atoms with Crippen molar-refractivity contribution in [2.24, 2.45) is 0 Å². The minimum absolute atomic E-state index is 0.220. The molecule has 0 unspecified atom stereocenters. The Hall–Kier alpha value is -2.41. The molecular formula is C13H11N3O3S. The van der Waals surface area contributed by atoms with Gasteiger partial charge >= 0.3 is 10.1 Å². The highest BCUT2D eigenvalue weighted by molar-refractivity contribution is 7.86. The lowest BCUT2D eigenvalue weighted by Gasteiger charge is -2.05. The van der Waals surface area contributed by atoms with E-state index in [0.29, 0.717) is 16.6 Å². The number of fused-ring (bicyclic) bond motifs is 1. The predicted molar refractivity (Wildman–Crippen MR) is 73.2 cm³/mol. The monoisotopic (exact) mass is 289 g/mol. The third-order valence-corrected chi connectivity index (χ3v) is 3.75. The Morgan fingerprint density at radius 2 is 1.70 bits per heavy atom. The van der Waals surface area contributed by atoms with Crippen molar-refractivity contribution in [3.05, 3.63) is 60.2 Å². The van der Waals surface area contributed by atoms with Crippen molar-refractivity contribution >= 4 is 21.2 Å². The van der Waals surface area contributed by atoms with Gasteiger partial charge in [-0.2, -0.15) is 8.42 Å². The van der Waals surface area contributed by atoms with E-state index in [4.69, 9.17) is 4.28 Å². The molecule has 0 saturated heterocycles. The first-order valence-corrected chi connectivity index (χ1v) is 7.49. The van der Waals surface area contributed by atoms with Crippen LogP contribution >= 0.6 is 0 Å². The maximum atomic E-state index is 12.0. The zero-order valence-corrected chi connectivity index (χ0v) is 11.2. The Kier molecular flexibility index (Phi) is 3.11. The van der Waals surface area contributed by atoms with Gasteiger partial charge in [-0.1, -0.05) is 47.3 Å². The largest absolute Gasteiger partial charge is 0.332 e. The van der Waals surface area contributed by atoms with Crippen LogP contribution in [0.1, 0.15) is 5.56 Å². The summed E-state index contributed by atoms with van der Waals surface area (Å²) >= 11 is 0. The highest BCUT2D eigenvalue weighted by atomic mass is 32.2. The first-order valence-electron chi connectivity index (χ1n) is 5.91. The van der Waals surface area contributed by atoms with Gasteiger partial charge in [0.15, 0.2) is 0 Å². The van der Waals surface area contributed by atoms with Crippen molar-refractivity contribution < 1.29 is 12.7 Å². The molecule has 3 rings (SSSR count).